The lowest BCUT2D eigenvalue weighted by Gasteiger charge is -2.32. The molecule has 1 fully saturated rings. The number of nitrogens with zero attached hydrogens (tertiary/aromatic N) is 5. The normalized spacial score (nSPS) is 18.3. The highest BCUT2D eigenvalue weighted by Crippen LogP contribution is 2.27. The number of piperidine rings is 1. The number of carbonyl (C=O) groups is 1. The molecule has 1 N–H and O–H groups in total. The smallest absolute Gasteiger partial charge is 0.271 e. The summed E-state index contributed by atoms with van der Waals surface area (Å²) in [7, 11) is 5.20. The number of ether oxygens (including phenoxy) is 1. The SMILES string of the molecule is CNC(=O)c1ccn([C@@H]2CCCN(Cc3c(C)nn(C)c3OC)C2)n1. The summed E-state index contributed by atoms with van der Waals surface area (Å²) in [6, 6.07) is 2.04. The molecule has 0 spiro atoms. The minimum atomic E-state index is -0.151. The van der Waals surface area contributed by atoms with E-state index in [-0.39, 0.29) is 11.9 Å². The highest BCUT2D eigenvalue weighted by molar-refractivity contribution is 5.91. The molecule has 3 heterocycles. The average Bonchev–Trinajstić information content (AvgIpc) is 3.20. The summed E-state index contributed by atoms with van der Waals surface area (Å²) < 4.78 is 9.21. The minimum absolute atomic E-state index is 0.151. The lowest BCUT2D eigenvalue weighted by Crippen LogP contribution is -2.36. The molecule has 25 heavy (non-hydrogen) atoms. The molecule has 1 aliphatic heterocycles. The summed E-state index contributed by atoms with van der Waals surface area (Å²) in [5, 5.41) is 11.5. The van der Waals surface area contributed by atoms with Crippen molar-refractivity contribution in [3.8, 4) is 5.88 Å². The van der Waals surface area contributed by atoms with Gasteiger partial charge in [0.25, 0.3) is 5.91 Å². The van der Waals surface area contributed by atoms with Crippen LogP contribution in [0.25, 0.3) is 0 Å². The van der Waals surface area contributed by atoms with Crippen molar-refractivity contribution in [2.45, 2.75) is 32.4 Å². The lowest BCUT2D eigenvalue weighted by atomic mass is 10.1. The first kappa shape index (κ1) is 17.5. The van der Waals surface area contributed by atoms with Crippen molar-refractivity contribution in [1.82, 2.24) is 29.8 Å². The summed E-state index contributed by atoms with van der Waals surface area (Å²) in [5.74, 6) is 0.669. The number of carbonyl (C=O) groups excluding carboxylic acids is 1. The number of hydrogen-bond donors (Lipinski definition) is 1. The van der Waals surface area contributed by atoms with Crippen molar-refractivity contribution in [2.75, 3.05) is 27.2 Å². The van der Waals surface area contributed by atoms with E-state index in [9.17, 15) is 4.79 Å². The molecule has 1 amide bonds. The molecule has 3 rings (SSSR count). The maximum Gasteiger partial charge on any atom is 0.271 e. The quantitative estimate of drug-likeness (QED) is 0.878. The predicted octanol–water partition coefficient (Wildman–Crippen LogP) is 1.13. The van der Waals surface area contributed by atoms with E-state index >= 15 is 0 Å². The van der Waals surface area contributed by atoms with Crippen LogP contribution in [0.1, 0.15) is 40.6 Å². The monoisotopic (exact) mass is 346 g/mol. The zero-order valence-corrected chi connectivity index (χ0v) is 15.3. The van der Waals surface area contributed by atoms with Gasteiger partial charge in [0, 0.05) is 33.4 Å². The van der Waals surface area contributed by atoms with Crippen LogP contribution < -0.4 is 10.1 Å². The summed E-state index contributed by atoms with van der Waals surface area (Å²) >= 11 is 0. The number of likely N-dealkylation sites (tertiary alicyclic amines) is 1. The second kappa shape index (κ2) is 7.26. The van der Waals surface area contributed by atoms with Crippen molar-refractivity contribution < 1.29 is 9.53 Å². The Morgan fingerprint density at radius 3 is 2.96 bits per heavy atom. The van der Waals surface area contributed by atoms with E-state index in [2.05, 4.69) is 20.4 Å². The zero-order chi connectivity index (χ0) is 18.0. The predicted molar refractivity (Wildman–Crippen MR) is 93.7 cm³/mol. The molecule has 136 valence electrons. The lowest BCUT2D eigenvalue weighted by molar-refractivity contribution is 0.0955. The topological polar surface area (TPSA) is 77.2 Å². The molecular weight excluding hydrogens is 320 g/mol. The van der Waals surface area contributed by atoms with E-state index < -0.39 is 0 Å². The largest absolute Gasteiger partial charge is 0.481 e. The van der Waals surface area contributed by atoms with Crippen LogP contribution in [-0.4, -0.2) is 57.6 Å². The number of aryl methyl sites for hydroxylation is 2. The van der Waals surface area contributed by atoms with Gasteiger partial charge in [0.2, 0.25) is 5.88 Å². The summed E-state index contributed by atoms with van der Waals surface area (Å²) in [5.41, 5.74) is 2.60. The Morgan fingerprint density at radius 1 is 1.44 bits per heavy atom. The molecule has 0 aromatic carbocycles. The highest BCUT2D eigenvalue weighted by atomic mass is 16.5. The molecule has 1 aliphatic rings. The maximum atomic E-state index is 11.7. The fourth-order valence-electron chi connectivity index (χ4n) is 3.52. The Kier molecular flexibility index (Phi) is 5.08. The molecular formula is C17H26N6O2. The molecule has 2 aromatic heterocycles. The van der Waals surface area contributed by atoms with Gasteiger partial charge in [-0.05, 0) is 32.4 Å². The molecule has 0 unspecified atom stereocenters. The van der Waals surface area contributed by atoms with Crippen LogP contribution in [0.15, 0.2) is 12.3 Å². The molecule has 0 radical (unpaired) electrons. The Morgan fingerprint density at radius 2 is 2.24 bits per heavy atom. The van der Waals surface area contributed by atoms with Crippen LogP contribution in [0.4, 0.5) is 0 Å². The second-order valence-electron chi connectivity index (χ2n) is 6.49. The number of methoxy groups -OCH3 is 1. The maximum absolute atomic E-state index is 11.7. The van der Waals surface area contributed by atoms with E-state index in [0.29, 0.717) is 5.69 Å². The molecule has 0 bridgehead atoms. The van der Waals surface area contributed by atoms with E-state index in [4.69, 9.17) is 4.74 Å². The number of rotatable bonds is 5. The zero-order valence-electron chi connectivity index (χ0n) is 15.3. The van der Waals surface area contributed by atoms with Crippen LogP contribution >= 0.6 is 0 Å². The minimum Gasteiger partial charge on any atom is -0.481 e. The molecule has 1 saturated heterocycles. The van der Waals surface area contributed by atoms with Gasteiger partial charge in [-0.15, -0.1) is 0 Å². The number of nitrogens with one attached hydrogen (secondary N) is 1. The van der Waals surface area contributed by atoms with Crippen molar-refractivity contribution in [3.05, 3.63) is 29.2 Å². The first-order valence-electron chi connectivity index (χ1n) is 8.59. The van der Waals surface area contributed by atoms with E-state index in [1.54, 1.807) is 24.9 Å². The third kappa shape index (κ3) is 3.53. The highest BCUT2D eigenvalue weighted by Gasteiger charge is 2.25. The summed E-state index contributed by atoms with van der Waals surface area (Å²) in [6.45, 7) is 4.76. The first-order valence-corrected chi connectivity index (χ1v) is 8.59. The molecule has 0 aliphatic carbocycles. The molecule has 8 heteroatoms. The number of amides is 1. The third-order valence-electron chi connectivity index (χ3n) is 4.79. The first-order chi connectivity index (χ1) is 12.0. The van der Waals surface area contributed by atoms with Gasteiger partial charge in [0.15, 0.2) is 0 Å². The van der Waals surface area contributed by atoms with Gasteiger partial charge < -0.3 is 10.1 Å². The Balaban J connectivity index is 1.71. The van der Waals surface area contributed by atoms with Crippen molar-refractivity contribution in [3.63, 3.8) is 0 Å². The van der Waals surface area contributed by atoms with Gasteiger partial charge in [-0.1, -0.05) is 0 Å². The average molecular weight is 346 g/mol. The van der Waals surface area contributed by atoms with Crippen LogP contribution in [0.5, 0.6) is 5.88 Å². The summed E-state index contributed by atoms with van der Waals surface area (Å²) in [6.07, 6.45) is 4.06. The van der Waals surface area contributed by atoms with Crippen molar-refractivity contribution in [1.29, 1.82) is 0 Å². The number of hydrogen-bond acceptors (Lipinski definition) is 5. The standard InChI is InChI=1S/C17H26N6O2/c1-12-14(17(25-4)21(3)19-12)11-22-8-5-6-13(10-22)23-9-7-15(20-23)16(24)18-2/h7,9,13H,5-6,8,10-11H2,1-4H3,(H,18,24)/t13-/m1/s1. The molecule has 2 aromatic rings. The van der Waals surface area contributed by atoms with E-state index in [0.717, 1.165) is 49.6 Å². The fraction of sp³-hybridized carbons (Fsp3) is 0.588. The van der Waals surface area contributed by atoms with Crippen LogP contribution in [0.3, 0.4) is 0 Å². The Hall–Kier alpha value is -2.35. The van der Waals surface area contributed by atoms with Gasteiger partial charge in [-0.2, -0.15) is 10.2 Å². The van der Waals surface area contributed by atoms with Crippen LogP contribution in [0, 0.1) is 6.92 Å². The van der Waals surface area contributed by atoms with Crippen LogP contribution in [0.2, 0.25) is 0 Å². The van der Waals surface area contributed by atoms with Crippen LogP contribution in [-0.2, 0) is 13.6 Å². The molecule has 8 nitrogen and oxygen atoms in total. The Bertz CT molecular complexity index is 750. The Labute approximate surface area is 147 Å². The van der Waals surface area contributed by atoms with Gasteiger partial charge >= 0.3 is 0 Å². The fourth-order valence-corrected chi connectivity index (χ4v) is 3.52. The molecule has 1 atom stereocenters. The number of aromatic nitrogens is 4. The van der Waals surface area contributed by atoms with Crippen molar-refractivity contribution >= 4 is 5.91 Å². The van der Waals surface area contributed by atoms with E-state index in [1.165, 1.54) is 0 Å². The van der Waals surface area contributed by atoms with Crippen molar-refractivity contribution in [2.24, 2.45) is 7.05 Å². The van der Waals surface area contributed by atoms with Gasteiger partial charge in [0.05, 0.1) is 24.4 Å². The van der Waals surface area contributed by atoms with Gasteiger partial charge in [-0.25, -0.2) is 4.68 Å². The van der Waals surface area contributed by atoms with Gasteiger partial charge in [-0.3, -0.25) is 14.4 Å². The second-order valence-corrected chi connectivity index (χ2v) is 6.49. The van der Waals surface area contributed by atoms with E-state index in [1.807, 2.05) is 24.9 Å². The van der Waals surface area contributed by atoms with Gasteiger partial charge in [0.1, 0.15) is 5.69 Å². The third-order valence-corrected chi connectivity index (χ3v) is 4.79. The molecule has 0 saturated carbocycles. The summed E-state index contributed by atoms with van der Waals surface area (Å²) in [4.78, 5) is 14.1.